The van der Waals surface area contributed by atoms with Crippen molar-refractivity contribution in [2.24, 2.45) is 5.41 Å². The molecule has 0 aliphatic heterocycles. The van der Waals surface area contributed by atoms with Gasteiger partial charge in [-0.3, -0.25) is 19.6 Å². The molecular weight excluding hydrogens is 320 g/mol. The van der Waals surface area contributed by atoms with Gasteiger partial charge in [0.1, 0.15) is 11.4 Å². The van der Waals surface area contributed by atoms with Crippen LogP contribution >= 0.6 is 0 Å². The molecule has 2 aromatic rings. The first kappa shape index (κ1) is 18.4. The van der Waals surface area contributed by atoms with E-state index in [0.717, 1.165) is 11.4 Å². The molecule has 0 saturated heterocycles. The van der Waals surface area contributed by atoms with Crippen LogP contribution < -0.4 is 10.6 Å². The van der Waals surface area contributed by atoms with E-state index in [4.69, 9.17) is 0 Å². The zero-order chi connectivity index (χ0) is 18.4. The summed E-state index contributed by atoms with van der Waals surface area (Å²) in [4.78, 5) is 40.3. The molecule has 0 bridgehead atoms. The van der Waals surface area contributed by atoms with Crippen LogP contribution in [0.15, 0.2) is 24.8 Å². The molecule has 2 aromatic heterocycles. The topological polar surface area (TPSA) is 110 Å². The monoisotopic (exact) mass is 342 g/mol. The zero-order valence-electron chi connectivity index (χ0n) is 14.8. The lowest BCUT2D eigenvalue weighted by molar-refractivity contribution is 0.0914. The first-order chi connectivity index (χ1) is 11.8. The maximum Gasteiger partial charge on any atom is 0.271 e. The molecule has 2 heterocycles. The lowest BCUT2D eigenvalue weighted by Gasteiger charge is -2.25. The number of nitrogens with zero attached hydrogens (tertiary/aromatic N) is 4. The number of carbonyl (C=O) groups is 2. The second kappa shape index (κ2) is 7.78. The summed E-state index contributed by atoms with van der Waals surface area (Å²) in [5.41, 5.74) is 1.68. The van der Waals surface area contributed by atoms with Gasteiger partial charge in [0.25, 0.3) is 11.8 Å². The standard InChI is InChI=1S/C17H22N6O2/c1-11-5-20-13(7-18-11)15(24)22-9-17(3,4)10-23-16(25)14-8-19-12(2)6-21-14/h5-8H,9-10H2,1-4H3,(H,22,24)(H,23,25). The van der Waals surface area contributed by atoms with Crippen LogP contribution in [-0.2, 0) is 0 Å². The molecule has 2 rings (SSSR count). The van der Waals surface area contributed by atoms with Gasteiger partial charge in [0.2, 0.25) is 0 Å². The van der Waals surface area contributed by atoms with E-state index in [1.165, 1.54) is 12.4 Å². The molecule has 0 aliphatic rings. The molecule has 0 spiro atoms. The molecule has 2 amide bonds. The summed E-state index contributed by atoms with van der Waals surface area (Å²) >= 11 is 0. The van der Waals surface area contributed by atoms with Gasteiger partial charge >= 0.3 is 0 Å². The van der Waals surface area contributed by atoms with Gasteiger partial charge in [0.05, 0.1) is 23.8 Å². The minimum absolute atomic E-state index is 0.264. The highest BCUT2D eigenvalue weighted by Gasteiger charge is 2.21. The van der Waals surface area contributed by atoms with Crippen molar-refractivity contribution in [3.05, 3.63) is 47.6 Å². The molecule has 0 saturated carbocycles. The number of hydrogen-bond acceptors (Lipinski definition) is 6. The molecule has 132 valence electrons. The van der Waals surface area contributed by atoms with E-state index >= 15 is 0 Å². The average molecular weight is 342 g/mol. The summed E-state index contributed by atoms with van der Waals surface area (Å²) in [6.07, 6.45) is 5.97. The third-order valence-electron chi connectivity index (χ3n) is 3.48. The van der Waals surface area contributed by atoms with E-state index in [2.05, 4.69) is 30.6 Å². The quantitative estimate of drug-likeness (QED) is 0.812. The van der Waals surface area contributed by atoms with E-state index in [0.29, 0.717) is 13.1 Å². The second-order valence-electron chi connectivity index (χ2n) is 6.62. The Morgan fingerprint density at radius 3 is 1.52 bits per heavy atom. The Morgan fingerprint density at radius 1 is 0.800 bits per heavy atom. The molecular formula is C17H22N6O2. The van der Waals surface area contributed by atoms with Crippen LogP contribution in [0.2, 0.25) is 0 Å². The predicted molar refractivity (Wildman–Crippen MR) is 92.0 cm³/mol. The van der Waals surface area contributed by atoms with Crippen molar-refractivity contribution in [3.8, 4) is 0 Å². The Kier molecular flexibility index (Phi) is 5.74. The predicted octanol–water partition coefficient (Wildman–Crippen LogP) is 1.07. The maximum absolute atomic E-state index is 12.1. The minimum Gasteiger partial charge on any atom is -0.350 e. The summed E-state index contributed by atoms with van der Waals surface area (Å²) < 4.78 is 0. The smallest absolute Gasteiger partial charge is 0.271 e. The van der Waals surface area contributed by atoms with E-state index in [-0.39, 0.29) is 28.6 Å². The summed E-state index contributed by atoms with van der Waals surface area (Å²) in [5.74, 6) is -0.590. The Balaban J connectivity index is 1.84. The second-order valence-corrected chi connectivity index (χ2v) is 6.62. The highest BCUT2D eigenvalue weighted by Crippen LogP contribution is 2.12. The van der Waals surface area contributed by atoms with Crippen molar-refractivity contribution in [2.45, 2.75) is 27.7 Å². The van der Waals surface area contributed by atoms with Crippen molar-refractivity contribution < 1.29 is 9.59 Å². The van der Waals surface area contributed by atoms with Gasteiger partial charge in [-0.2, -0.15) is 0 Å². The normalized spacial score (nSPS) is 11.0. The first-order valence-electron chi connectivity index (χ1n) is 7.90. The van der Waals surface area contributed by atoms with Gasteiger partial charge in [-0.15, -0.1) is 0 Å². The molecule has 0 radical (unpaired) electrons. The largest absolute Gasteiger partial charge is 0.350 e. The minimum atomic E-state index is -0.346. The summed E-state index contributed by atoms with van der Waals surface area (Å²) in [6.45, 7) is 8.24. The van der Waals surface area contributed by atoms with Gasteiger partial charge in [0, 0.05) is 25.5 Å². The van der Waals surface area contributed by atoms with E-state index in [1.54, 1.807) is 26.2 Å². The number of aromatic nitrogens is 4. The number of nitrogens with one attached hydrogen (secondary N) is 2. The van der Waals surface area contributed by atoms with Crippen LogP contribution in [0.5, 0.6) is 0 Å². The number of rotatable bonds is 6. The number of carbonyl (C=O) groups excluding carboxylic acids is 2. The SMILES string of the molecule is Cc1cnc(C(=O)NCC(C)(C)CNC(=O)c2cnc(C)cn2)cn1. The Bertz CT molecular complexity index is 677. The Labute approximate surface area is 146 Å². The summed E-state index contributed by atoms with van der Waals surface area (Å²) in [7, 11) is 0. The number of amides is 2. The fourth-order valence-electron chi connectivity index (χ4n) is 1.90. The van der Waals surface area contributed by atoms with Crippen molar-refractivity contribution in [1.82, 2.24) is 30.6 Å². The van der Waals surface area contributed by atoms with Gasteiger partial charge in [-0.05, 0) is 19.3 Å². The molecule has 0 aliphatic carbocycles. The molecule has 8 heteroatoms. The van der Waals surface area contributed by atoms with Gasteiger partial charge in [0.15, 0.2) is 0 Å². The fraction of sp³-hybridized carbons (Fsp3) is 0.412. The first-order valence-corrected chi connectivity index (χ1v) is 7.90. The van der Waals surface area contributed by atoms with Crippen LogP contribution in [-0.4, -0.2) is 44.8 Å². The van der Waals surface area contributed by atoms with E-state index in [1.807, 2.05) is 13.8 Å². The van der Waals surface area contributed by atoms with Crippen molar-refractivity contribution in [1.29, 1.82) is 0 Å². The molecule has 8 nitrogen and oxygen atoms in total. The van der Waals surface area contributed by atoms with Crippen LogP contribution in [0.1, 0.15) is 46.2 Å². The van der Waals surface area contributed by atoms with Gasteiger partial charge in [-0.1, -0.05) is 13.8 Å². The zero-order valence-corrected chi connectivity index (χ0v) is 14.8. The summed E-state index contributed by atoms with van der Waals surface area (Å²) in [6, 6.07) is 0. The van der Waals surface area contributed by atoms with Gasteiger partial charge in [-0.25, -0.2) is 9.97 Å². The lowest BCUT2D eigenvalue weighted by atomic mass is 9.93. The van der Waals surface area contributed by atoms with Crippen LogP contribution in [0.4, 0.5) is 0 Å². The molecule has 2 N–H and O–H groups in total. The highest BCUT2D eigenvalue weighted by molar-refractivity contribution is 5.92. The van der Waals surface area contributed by atoms with Crippen molar-refractivity contribution in [2.75, 3.05) is 13.1 Å². The molecule has 25 heavy (non-hydrogen) atoms. The van der Waals surface area contributed by atoms with Crippen molar-refractivity contribution in [3.63, 3.8) is 0 Å². The van der Waals surface area contributed by atoms with Crippen LogP contribution in [0, 0.1) is 19.3 Å². The Morgan fingerprint density at radius 2 is 1.20 bits per heavy atom. The van der Waals surface area contributed by atoms with Gasteiger partial charge < -0.3 is 10.6 Å². The molecule has 0 aromatic carbocycles. The molecule has 0 atom stereocenters. The fourth-order valence-corrected chi connectivity index (χ4v) is 1.90. The van der Waals surface area contributed by atoms with E-state index in [9.17, 15) is 9.59 Å². The van der Waals surface area contributed by atoms with E-state index < -0.39 is 0 Å². The highest BCUT2D eigenvalue weighted by atomic mass is 16.2. The average Bonchev–Trinajstić information content (AvgIpc) is 2.59. The number of aryl methyl sites for hydroxylation is 2. The molecule has 0 fully saturated rings. The third kappa shape index (κ3) is 5.59. The molecule has 0 unspecified atom stereocenters. The van der Waals surface area contributed by atoms with Crippen LogP contribution in [0.3, 0.4) is 0 Å². The summed E-state index contributed by atoms with van der Waals surface area (Å²) in [5, 5.41) is 5.62. The van der Waals surface area contributed by atoms with Crippen molar-refractivity contribution >= 4 is 11.8 Å². The van der Waals surface area contributed by atoms with Crippen LogP contribution in [0.25, 0.3) is 0 Å². The maximum atomic E-state index is 12.1. The lowest BCUT2D eigenvalue weighted by Crippen LogP contribution is -2.42. The third-order valence-corrected chi connectivity index (χ3v) is 3.48. The Hall–Kier alpha value is -2.90. The number of hydrogen-bond donors (Lipinski definition) is 2.